The van der Waals surface area contributed by atoms with E-state index in [1.54, 1.807) is 7.11 Å². The van der Waals surface area contributed by atoms with E-state index in [1.807, 2.05) is 37.3 Å². The van der Waals surface area contributed by atoms with Crippen LogP contribution in [0.1, 0.15) is 12.5 Å². The van der Waals surface area contributed by atoms with Gasteiger partial charge in [-0.05, 0) is 19.1 Å². The number of halogens is 1. The van der Waals surface area contributed by atoms with E-state index >= 15 is 0 Å². The summed E-state index contributed by atoms with van der Waals surface area (Å²) >= 11 is 6.02. The van der Waals surface area contributed by atoms with Gasteiger partial charge in [-0.15, -0.1) is 0 Å². The Morgan fingerprint density at radius 1 is 1.50 bits per heavy atom. The zero-order chi connectivity index (χ0) is 10.6. The number of ether oxygens (including phenoxy) is 1. The van der Waals surface area contributed by atoms with Crippen LogP contribution in [0, 0.1) is 0 Å². The third-order valence-electron chi connectivity index (χ3n) is 1.80. The Labute approximate surface area is 89.3 Å². The summed E-state index contributed by atoms with van der Waals surface area (Å²) < 4.78 is 5.18. The van der Waals surface area contributed by atoms with Gasteiger partial charge in [0.05, 0.1) is 12.1 Å². The van der Waals surface area contributed by atoms with E-state index in [0.717, 1.165) is 11.3 Å². The van der Waals surface area contributed by atoms with Crippen LogP contribution in [0.2, 0.25) is 5.02 Å². The highest BCUT2D eigenvalue weighted by atomic mass is 35.5. The minimum atomic E-state index is 0.0102. The standard InChI is InChI=1S/C11H14ClNO/c1-8(13)6-7-9-10(12)4-3-5-11(9)14-2/h3-8H,13H2,1-2H3/b7-6+. The van der Waals surface area contributed by atoms with Crippen LogP contribution in [0.3, 0.4) is 0 Å². The van der Waals surface area contributed by atoms with Gasteiger partial charge < -0.3 is 10.5 Å². The maximum atomic E-state index is 6.02. The van der Waals surface area contributed by atoms with Crippen LogP contribution in [0.15, 0.2) is 24.3 Å². The van der Waals surface area contributed by atoms with Crippen molar-refractivity contribution in [2.45, 2.75) is 13.0 Å². The molecule has 0 aliphatic rings. The van der Waals surface area contributed by atoms with Gasteiger partial charge in [0.15, 0.2) is 0 Å². The Morgan fingerprint density at radius 2 is 2.21 bits per heavy atom. The molecule has 2 nitrogen and oxygen atoms in total. The first-order valence-corrected chi connectivity index (χ1v) is 4.79. The van der Waals surface area contributed by atoms with Gasteiger partial charge in [-0.1, -0.05) is 29.8 Å². The van der Waals surface area contributed by atoms with E-state index < -0.39 is 0 Å². The number of rotatable bonds is 3. The van der Waals surface area contributed by atoms with Crippen molar-refractivity contribution >= 4 is 17.7 Å². The van der Waals surface area contributed by atoms with Crippen LogP contribution in [-0.2, 0) is 0 Å². The normalized spacial score (nSPS) is 13.1. The second-order valence-electron chi connectivity index (χ2n) is 3.07. The van der Waals surface area contributed by atoms with Gasteiger partial charge in [0.2, 0.25) is 0 Å². The minimum Gasteiger partial charge on any atom is -0.496 e. The molecule has 0 bridgehead atoms. The summed E-state index contributed by atoms with van der Waals surface area (Å²) in [4.78, 5) is 0. The van der Waals surface area contributed by atoms with Crippen LogP contribution in [-0.4, -0.2) is 13.2 Å². The van der Waals surface area contributed by atoms with Crippen molar-refractivity contribution in [1.82, 2.24) is 0 Å². The number of nitrogens with two attached hydrogens (primary N) is 1. The Kier molecular flexibility index (Phi) is 3.98. The van der Waals surface area contributed by atoms with Crippen molar-refractivity contribution < 1.29 is 4.74 Å². The highest BCUT2D eigenvalue weighted by Crippen LogP contribution is 2.27. The van der Waals surface area contributed by atoms with E-state index in [1.165, 1.54) is 0 Å². The molecular weight excluding hydrogens is 198 g/mol. The molecule has 14 heavy (non-hydrogen) atoms. The van der Waals surface area contributed by atoms with Crippen LogP contribution in [0.4, 0.5) is 0 Å². The Hall–Kier alpha value is -0.990. The maximum Gasteiger partial charge on any atom is 0.127 e. The Morgan fingerprint density at radius 3 is 2.79 bits per heavy atom. The number of methoxy groups -OCH3 is 1. The minimum absolute atomic E-state index is 0.0102. The molecule has 1 aromatic rings. The molecule has 0 radical (unpaired) electrons. The lowest BCUT2D eigenvalue weighted by Gasteiger charge is -2.06. The maximum absolute atomic E-state index is 6.02. The lowest BCUT2D eigenvalue weighted by atomic mass is 10.1. The summed E-state index contributed by atoms with van der Waals surface area (Å²) in [5, 5.41) is 0.668. The molecule has 0 aromatic heterocycles. The molecular formula is C11H14ClNO. The fourth-order valence-corrected chi connectivity index (χ4v) is 1.33. The summed E-state index contributed by atoms with van der Waals surface area (Å²) in [7, 11) is 1.62. The predicted molar refractivity (Wildman–Crippen MR) is 60.7 cm³/mol. The Balaban J connectivity index is 3.05. The molecule has 0 spiro atoms. The smallest absolute Gasteiger partial charge is 0.127 e. The van der Waals surface area contributed by atoms with E-state index in [4.69, 9.17) is 22.1 Å². The van der Waals surface area contributed by atoms with Crippen LogP contribution in [0.25, 0.3) is 6.08 Å². The van der Waals surface area contributed by atoms with Crippen molar-refractivity contribution in [3.63, 3.8) is 0 Å². The average Bonchev–Trinajstić information content (AvgIpc) is 2.15. The molecule has 0 aliphatic carbocycles. The van der Waals surface area contributed by atoms with Gasteiger partial charge in [0.25, 0.3) is 0 Å². The SMILES string of the molecule is COc1cccc(Cl)c1/C=C/C(C)N. The summed E-state index contributed by atoms with van der Waals surface area (Å²) in [5.74, 6) is 0.759. The first-order valence-electron chi connectivity index (χ1n) is 4.41. The summed E-state index contributed by atoms with van der Waals surface area (Å²) in [6.07, 6.45) is 3.76. The lowest BCUT2D eigenvalue weighted by Crippen LogP contribution is -2.09. The van der Waals surface area contributed by atoms with Crippen molar-refractivity contribution in [2.24, 2.45) is 5.73 Å². The first kappa shape index (κ1) is 11.1. The topological polar surface area (TPSA) is 35.2 Å². The zero-order valence-electron chi connectivity index (χ0n) is 8.33. The third-order valence-corrected chi connectivity index (χ3v) is 2.13. The van der Waals surface area contributed by atoms with Crippen LogP contribution in [0.5, 0.6) is 5.75 Å². The summed E-state index contributed by atoms with van der Waals surface area (Å²) in [5.41, 5.74) is 6.48. The molecule has 3 heteroatoms. The molecule has 0 amide bonds. The van der Waals surface area contributed by atoms with Gasteiger partial charge in [-0.3, -0.25) is 0 Å². The molecule has 76 valence electrons. The molecule has 0 heterocycles. The van der Waals surface area contributed by atoms with Gasteiger partial charge >= 0.3 is 0 Å². The van der Waals surface area contributed by atoms with Crippen molar-refractivity contribution in [2.75, 3.05) is 7.11 Å². The first-order chi connectivity index (χ1) is 6.65. The second-order valence-corrected chi connectivity index (χ2v) is 3.48. The van der Waals surface area contributed by atoms with Crippen molar-refractivity contribution in [1.29, 1.82) is 0 Å². The van der Waals surface area contributed by atoms with Gasteiger partial charge in [-0.2, -0.15) is 0 Å². The number of benzene rings is 1. The van der Waals surface area contributed by atoms with Crippen molar-refractivity contribution in [3.8, 4) is 5.75 Å². The largest absolute Gasteiger partial charge is 0.496 e. The van der Waals surface area contributed by atoms with E-state index in [9.17, 15) is 0 Å². The molecule has 0 fully saturated rings. The Bertz CT molecular complexity index is 334. The zero-order valence-corrected chi connectivity index (χ0v) is 9.08. The molecule has 1 atom stereocenters. The van der Waals surface area contributed by atoms with Crippen molar-refractivity contribution in [3.05, 3.63) is 34.9 Å². The summed E-state index contributed by atoms with van der Waals surface area (Å²) in [6, 6.07) is 5.55. The van der Waals surface area contributed by atoms with Gasteiger partial charge in [0, 0.05) is 11.6 Å². The monoisotopic (exact) mass is 211 g/mol. The van der Waals surface area contributed by atoms with Crippen LogP contribution >= 0.6 is 11.6 Å². The van der Waals surface area contributed by atoms with Crippen LogP contribution < -0.4 is 10.5 Å². The molecule has 2 N–H and O–H groups in total. The fourth-order valence-electron chi connectivity index (χ4n) is 1.10. The molecule has 0 saturated carbocycles. The molecule has 0 saturated heterocycles. The van der Waals surface area contributed by atoms with E-state index in [-0.39, 0.29) is 6.04 Å². The second kappa shape index (κ2) is 5.03. The summed E-state index contributed by atoms with van der Waals surface area (Å²) in [6.45, 7) is 1.90. The quantitative estimate of drug-likeness (QED) is 0.835. The van der Waals surface area contributed by atoms with E-state index in [2.05, 4.69) is 0 Å². The third kappa shape index (κ3) is 2.76. The lowest BCUT2D eigenvalue weighted by molar-refractivity contribution is 0.414. The molecule has 1 unspecified atom stereocenters. The highest BCUT2D eigenvalue weighted by Gasteiger charge is 2.03. The highest BCUT2D eigenvalue weighted by molar-refractivity contribution is 6.32. The average molecular weight is 212 g/mol. The van der Waals surface area contributed by atoms with E-state index in [0.29, 0.717) is 5.02 Å². The van der Waals surface area contributed by atoms with Gasteiger partial charge in [0.1, 0.15) is 5.75 Å². The molecule has 0 aliphatic heterocycles. The predicted octanol–water partition coefficient (Wildman–Crippen LogP) is 2.71. The number of hydrogen-bond donors (Lipinski definition) is 1. The fraction of sp³-hybridized carbons (Fsp3) is 0.273. The number of hydrogen-bond acceptors (Lipinski definition) is 2. The van der Waals surface area contributed by atoms with Gasteiger partial charge in [-0.25, -0.2) is 0 Å². The molecule has 1 rings (SSSR count). The molecule has 1 aromatic carbocycles.